The second-order valence-corrected chi connectivity index (χ2v) is 5.57. The Hall–Kier alpha value is -1.75. The molecule has 1 amide bonds. The molecule has 2 aromatic rings. The zero-order valence-corrected chi connectivity index (χ0v) is 12.2. The highest BCUT2D eigenvalue weighted by atomic mass is 32.2. The average Bonchev–Trinajstić information content (AvgIpc) is 2.98. The van der Waals surface area contributed by atoms with Crippen molar-refractivity contribution in [2.75, 3.05) is 18.1 Å². The predicted molar refractivity (Wildman–Crippen MR) is 82.8 cm³/mol. The van der Waals surface area contributed by atoms with Gasteiger partial charge in [0.2, 0.25) is 5.91 Å². The summed E-state index contributed by atoms with van der Waals surface area (Å²) in [6, 6.07) is 10.3. The first-order chi connectivity index (χ1) is 9.84. The Morgan fingerprint density at radius 2 is 2.10 bits per heavy atom. The third-order valence-corrected chi connectivity index (χ3v) is 3.84. The number of benzene rings is 1. The zero-order chi connectivity index (χ0) is 14.0. The highest BCUT2D eigenvalue weighted by Gasteiger charge is 2.02. The SMILES string of the molecule is O=C(CSCCc1ccccc1)NCCc1cnc[nH]1. The van der Waals surface area contributed by atoms with Gasteiger partial charge in [-0.2, -0.15) is 11.8 Å². The van der Waals surface area contributed by atoms with Gasteiger partial charge in [0.1, 0.15) is 0 Å². The molecule has 0 fully saturated rings. The van der Waals surface area contributed by atoms with Crippen molar-refractivity contribution in [2.45, 2.75) is 12.8 Å². The summed E-state index contributed by atoms with van der Waals surface area (Å²) in [5.74, 6) is 1.59. The van der Waals surface area contributed by atoms with Crippen LogP contribution in [0.2, 0.25) is 0 Å². The number of aromatic nitrogens is 2. The molecular formula is C15H19N3OS. The van der Waals surface area contributed by atoms with Crippen LogP contribution >= 0.6 is 11.8 Å². The van der Waals surface area contributed by atoms with Gasteiger partial charge < -0.3 is 10.3 Å². The largest absolute Gasteiger partial charge is 0.355 e. The molecule has 0 saturated heterocycles. The number of hydrogen-bond donors (Lipinski definition) is 2. The number of carbonyl (C=O) groups is 1. The minimum atomic E-state index is 0.0996. The number of imidazole rings is 1. The lowest BCUT2D eigenvalue weighted by Crippen LogP contribution is -2.27. The standard InChI is InChI=1S/C15H19N3OS/c19-15(17-8-6-14-10-16-12-18-14)11-20-9-7-13-4-2-1-3-5-13/h1-5,10,12H,6-9,11H2,(H,16,18)(H,17,19). The molecule has 2 N–H and O–H groups in total. The van der Waals surface area contributed by atoms with E-state index in [9.17, 15) is 4.79 Å². The predicted octanol–water partition coefficient (Wildman–Crippen LogP) is 2.04. The summed E-state index contributed by atoms with van der Waals surface area (Å²) in [5.41, 5.74) is 2.36. The van der Waals surface area contributed by atoms with Gasteiger partial charge in [0.05, 0.1) is 12.1 Å². The molecule has 0 aliphatic rings. The third kappa shape index (κ3) is 5.48. The van der Waals surface area contributed by atoms with Crippen LogP contribution in [0.5, 0.6) is 0 Å². The molecular weight excluding hydrogens is 270 g/mol. The molecule has 106 valence electrons. The second kappa shape index (κ2) is 8.43. The van der Waals surface area contributed by atoms with Crippen molar-refractivity contribution in [3.05, 3.63) is 54.1 Å². The van der Waals surface area contributed by atoms with E-state index in [2.05, 4.69) is 27.4 Å². The summed E-state index contributed by atoms with van der Waals surface area (Å²) in [5, 5.41) is 2.91. The lowest BCUT2D eigenvalue weighted by molar-refractivity contribution is -0.118. The molecule has 1 aromatic heterocycles. The molecule has 20 heavy (non-hydrogen) atoms. The summed E-state index contributed by atoms with van der Waals surface area (Å²) < 4.78 is 0. The van der Waals surface area contributed by atoms with Crippen molar-refractivity contribution in [3.63, 3.8) is 0 Å². The molecule has 0 aliphatic carbocycles. The molecule has 4 nitrogen and oxygen atoms in total. The first-order valence-electron chi connectivity index (χ1n) is 6.70. The van der Waals surface area contributed by atoms with Crippen LogP contribution in [0.1, 0.15) is 11.3 Å². The molecule has 0 aliphatic heterocycles. The highest BCUT2D eigenvalue weighted by molar-refractivity contribution is 7.99. The first-order valence-corrected chi connectivity index (χ1v) is 7.85. The van der Waals surface area contributed by atoms with Crippen LogP contribution in [0.25, 0.3) is 0 Å². The molecule has 0 saturated carbocycles. The number of thioether (sulfide) groups is 1. The van der Waals surface area contributed by atoms with Crippen LogP contribution in [-0.4, -0.2) is 33.9 Å². The number of aromatic amines is 1. The van der Waals surface area contributed by atoms with Crippen molar-refractivity contribution in [1.82, 2.24) is 15.3 Å². The van der Waals surface area contributed by atoms with Crippen LogP contribution < -0.4 is 5.32 Å². The number of hydrogen-bond acceptors (Lipinski definition) is 3. The van der Waals surface area contributed by atoms with Crippen molar-refractivity contribution >= 4 is 17.7 Å². The summed E-state index contributed by atoms with van der Waals surface area (Å²) >= 11 is 1.67. The Morgan fingerprint density at radius 3 is 2.85 bits per heavy atom. The van der Waals surface area contributed by atoms with Crippen LogP contribution in [-0.2, 0) is 17.6 Å². The molecule has 0 bridgehead atoms. The fourth-order valence-corrected chi connectivity index (χ4v) is 2.62. The van der Waals surface area contributed by atoms with E-state index < -0.39 is 0 Å². The van der Waals surface area contributed by atoms with Crippen LogP contribution in [0.15, 0.2) is 42.9 Å². The van der Waals surface area contributed by atoms with Gasteiger partial charge in [-0.1, -0.05) is 30.3 Å². The maximum absolute atomic E-state index is 11.6. The van der Waals surface area contributed by atoms with Crippen molar-refractivity contribution in [1.29, 1.82) is 0 Å². The molecule has 2 rings (SSSR count). The summed E-state index contributed by atoms with van der Waals surface area (Å²) in [4.78, 5) is 18.6. The van der Waals surface area contributed by atoms with E-state index in [0.717, 1.165) is 24.3 Å². The molecule has 1 heterocycles. The van der Waals surface area contributed by atoms with Gasteiger partial charge in [-0.3, -0.25) is 4.79 Å². The van der Waals surface area contributed by atoms with E-state index in [-0.39, 0.29) is 5.91 Å². The van der Waals surface area contributed by atoms with Crippen LogP contribution in [0, 0.1) is 0 Å². The quantitative estimate of drug-likeness (QED) is 0.731. The minimum Gasteiger partial charge on any atom is -0.355 e. The first kappa shape index (κ1) is 14.7. The number of nitrogens with zero attached hydrogens (tertiary/aromatic N) is 1. The number of aryl methyl sites for hydroxylation is 1. The van der Waals surface area contributed by atoms with Crippen LogP contribution in [0.4, 0.5) is 0 Å². The van der Waals surface area contributed by atoms with E-state index in [1.807, 2.05) is 18.2 Å². The maximum atomic E-state index is 11.6. The van der Waals surface area contributed by atoms with Crippen molar-refractivity contribution in [3.8, 4) is 0 Å². The Labute approximate surface area is 123 Å². The maximum Gasteiger partial charge on any atom is 0.230 e. The third-order valence-electron chi connectivity index (χ3n) is 2.88. The topological polar surface area (TPSA) is 57.8 Å². The second-order valence-electron chi connectivity index (χ2n) is 4.46. The smallest absolute Gasteiger partial charge is 0.230 e. The molecule has 0 radical (unpaired) electrons. The molecule has 5 heteroatoms. The molecule has 1 aromatic carbocycles. The van der Waals surface area contributed by atoms with Gasteiger partial charge in [-0.25, -0.2) is 4.98 Å². The Morgan fingerprint density at radius 1 is 1.25 bits per heavy atom. The van der Waals surface area contributed by atoms with E-state index in [1.165, 1.54) is 5.56 Å². The Kier molecular flexibility index (Phi) is 6.17. The molecule has 0 spiro atoms. The van der Waals surface area contributed by atoms with Gasteiger partial charge >= 0.3 is 0 Å². The minimum absolute atomic E-state index is 0.0996. The van der Waals surface area contributed by atoms with Gasteiger partial charge in [-0.15, -0.1) is 0 Å². The van der Waals surface area contributed by atoms with Gasteiger partial charge in [0.25, 0.3) is 0 Å². The van der Waals surface area contributed by atoms with Gasteiger partial charge in [0.15, 0.2) is 0 Å². The Bertz CT molecular complexity index is 499. The molecule has 0 atom stereocenters. The number of H-pyrrole nitrogens is 1. The van der Waals surface area contributed by atoms with Crippen molar-refractivity contribution in [2.24, 2.45) is 0 Å². The fourth-order valence-electron chi connectivity index (χ4n) is 1.81. The van der Waals surface area contributed by atoms with E-state index >= 15 is 0 Å². The summed E-state index contributed by atoms with van der Waals surface area (Å²) in [7, 11) is 0. The van der Waals surface area contributed by atoms with Crippen molar-refractivity contribution < 1.29 is 4.79 Å². The van der Waals surface area contributed by atoms with Crippen LogP contribution in [0.3, 0.4) is 0 Å². The highest BCUT2D eigenvalue weighted by Crippen LogP contribution is 2.06. The number of amides is 1. The average molecular weight is 289 g/mol. The normalized spacial score (nSPS) is 10.4. The van der Waals surface area contributed by atoms with Gasteiger partial charge in [0, 0.05) is 24.9 Å². The molecule has 0 unspecified atom stereocenters. The summed E-state index contributed by atoms with van der Waals surface area (Å²) in [6.07, 6.45) is 5.23. The monoisotopic (exact) mass is 289 g/mol. The lowest BCUT2D eigenvalue weighted by atomic mass is 10.2. The number of carbonyl (C=O) groups excluding carboxylic acids is 1. The number of rotatable bonds is 8. The number of nitrogens with one attached hydrogen (secondary N) is 2. The van der Waals surface area contributed by atoms with E-state index in [1.54, 1.807) is 24.3 Å². The Balaban J connectivity index is 1.52. The lowest BCUT2D eigenvalue weighted by Gasteiger charge is -2.04. The summed E-state index contributed by atoms with van der Waals surface area (Å²) in [6.45, 7) is 0.653. The van der Waals surface area contributed by atoms with Gasteiger partial charge in [-0.05, 0) is 17.7 Å². The van der Waals surface area contributed by atoms with E-state index in [4.69, 9.17) is 0 Å². The fraction of sp³-hybridized carbons (Fsp3) is 0.333. The zero-order valence-electron chi connectivity index (χ0n) is 11.3. The van der Waals surface area contributed by atoms with E-state index in [0.29, 0.717) is 12.3 Å².